The lowest BCUT2D eigenvalue weighted by Gasteiger charge is -2.47. The predicted octanol–water partition coefficient (Wildman–Crippen LogP) is 2.07. The molecule has 5 nitrogen and oxygen atoms in total. The van der Waals surface area contributed by atoms with E-state index in [1.165, 1.54) is 37.7 Å². The topological polar surface area (TPSA) is 52.6 Å². The summed E-state index contributed by atoms with van der Waals surface area (Å²) < 4.78 is 0. The van der Waals surface area contributed by atoms with Crippen molar-refractivity contribution in [2.24, 2.45) is 4.99 Å². The molecule has 0 radical (unpaired) electrons. The molecule has 2 fully saturated rings. The maximum Gasteiger partial charge on any atom is 0.191 e. The van der Waals surface area contributed by atoms with Gasteiger partial charge in [-0.15, -0.1) is 0 Å². The number of nitrogens with zero attached hydrogens (tertiary/aromatic N) is 3. The fourth-order valence-electron chi connectivity index (χ4n) is 3.99. The molecule has 2 saturated heterocycles. The molecular formula is C18H29N5. The number of rotatable bonds is 3. The molecule has 0 spiro atoms. The third-order valence-corrected chi connectivity index (χ3v) is 5.45. The van der Waals surface area contributed by atoms with Crippen LogP contribution in [0.25, 0.3) is 0 Å². The Balaban J connectivity index is 1.55. The Morgan fingerprint density at radius 3 is 2.74 bits per heavy atom. The maximum atomic E-state index is 4.44. The summed E-state index contributed by atoms with van der Waals surface area (Å²) in [6.07, 6.45) is 8.35. The van der Waals surface area contributed by atoms with Gasteiger partial charge in [0.15, 0.2) is 5.96 Å². The van der Waals surface area contributed by atoms with Gasteiger partial charge in [-0.25, -0.2) is 0 Å². The van der Waals surface area contributed by atoms with Gasteiger partial charge in [-0.2, -0.15) is 0 Å². The van der Waals surface area contributed by atoms with Crippen molar-refractivity contribution in [3.63, 3.8) is 0 Å². The molecule has 0 amide bonds. The number of pyridine rings is 1. The van der Waals surface area contributed by atoms with Crippen molar-refractivity contribution in [3.05, 3.63) is 29.6 Å². The van der Waals surface area contributed by atoms with Crippen LogP contribution in [0.15, 0.2) is 23.3 Å². The molecule has 2 aliphatic rings. The minimum absolute atomic E-state index is 0.525. The molecule has 2 bridgehead atoms. The van der Waals surface area contributed by atoms with E-state index in [-0.39, 0.29) is 0 Å². The average Bonchev–Trinajstić information content (AvgIpc) is 2.53. The Bertz CT molecular complexity index is 542. The molecule has 2 unspecified atom stereocenters. The van der Waals surface area contributed by atoms with Crippen molar-refractivity contribution in [2.75, 3.05) is 14.1 Å². The van der Waals surface area contributed by atoms with E-state index >= 15 is 0 Å². The number of piperidine rings is 2. The first-order valence-corrected chi connectivity index (χ1v) is 8.77. The molecule has 126 valence electrons. The zero-order valence-corrected chi connectivity index (χ0v) is 14.5. The van der Waals surface area contributed by atoms with Crippen LogP contribution in [0.4, 0.5) is 0 Å². The number of aromatic nitrogens is 1. The Kier molecular flexibility index (Phi) is 5.16. The van der Waals surface area contributed by atoms with Crippen molar-refractivity contribution in [1.29, 1.82) is 0 Å². The van der Waals surface area contributed by atoms with Gasteiger partial charge >= 0.3 is 0 Å². The first-order valence-electron chi connectivity index (χ1n) is 8.77. The van der Waals surface area contributed by atoms with Gasteiger partial charge in [0.05, 0.1) is 12.2 Å². The predicted molar refractivity (Wildman–Crippen MR) is 94.5 cm³/mol. The fourth-order valence-corrected chi connectivity index (χ4v) is 3.99. The van der Waals surface area contributed by atoms with Crippen LogP contribution in [-0.2, 0) is 6.54 Å². The zero-order valence-electron chi connectivity index (χ0n) is 14.5. The number of hydrogen-bond donors (Lipinski definition) is 2. The van der Waals surface area contributed by atoms with Gasteiger partial charge in [0.2, 0.25) is 0 Å². The lowest BCUT2D eigenvalue weighted by atomic mass is 9.82. The molecule has 3 rings (SSSR count). The van der Waals surface area contributed by atoms with E-state index in [0.29, 0.717) is 12.6 Å². The average molecular weight is 315 g/mol. The highest BCUT2D eigenvalue weighted by Gasteiger charge is 2.36. The van der Waals surface area contributed by atoms with Gasteiger partial charge in [-0.05, 0) is 51.3 Å². The fraction of sp³-hybridized carbons (Fsp3) is 0.667. The van der Waals surface area contributed by atoms with Crippen molar-refractivity contribution in [3.8, 4) is 0 Å². The highest BCUT2D eigenvalue weighted by Crippen LogP contribution is 2.32. The van der Waals surface area contributed by atoms with E-state index < -0.39 is 0 Å². The molecule has 23 heavy (non-hydrogen) atoms. The number of fused-ring (bicyclic) bond motifs is 2. The van der Waals surface area contributed by atoms with Crippen LogP contribution in [0, 0.1) is 6.92 Å². The van der Waals surface area contributed by atoms with Crippen molar-refractivity contribution in [2.45, 2.75) is 63.7 Å². The Hall–Kier alpha value is -1.62. The van der Waals surface area contributed by atoms with Crippen LogP contribution < -0.4 is 10.6 Å². The Morgan fingerprint density at radius 2 is 2.09 bits per heavy atom. The third kappa shape index (κ3) is 3.83. The molecule has 3 heterocycles. The minimum Gasteiger partial charge on any atom is -0.354 e. The maximum absolute atomic E-state index is 4.44. The molecule has 2 atom stereocenters. The molecule has 0 aliphatic carbocycles. The molecule has 0 saturated carbocycles. The van der Waals surface area contributed by atoms with Crippen LogP contribution >= 0.6 is 0 Å². The van der Waals surface area contributed by atoms with Gasteiger partial charge in [0.25, 0.3) is 0 Å². The largest absolute Gasteiger partial charge is 0.354 e. The van der Waals surface area contributed by atoms with Gasteiger partial charge in [-0.1, -0.05) is 12.5 Å². The lowest BCUT2D eigenvalue weighted by molar-refractivity contribution is 0.0526. The van der Waals surface area contributed by atoms with E-state index in [1.807, 2.05) is 19.3 Å². The molecule has 2 aliphatic heterocycles. The van der Waals surface area contributed by atoms with E-state index in [2.05, 4.69) is 45.5 Å². The third-order valence-electron chi connectivity index (χ3n) is 5.45. The summed E-state index contributed by atoms with van der Waals surface area (Å²) >= 11 is 0. The van der Waals surface area contributed by atoms with Gasteiger partial charge in [0, 0.05) is 31.4 Å². The van der Waals surface area contributed by atoms with Crippen LogP contribution in [0.2, 0.25) is 0 Å². The molecule has 1 aromatic heterocycles. The summed E-state index contributed by atoms with van der Waals surface area (Å²) in [6, 6.07) is 6.06. The van der Waals surface area contributed by atoms with Gasteiger partial charge < -0.3 is 15.5 Å². The molecule has 0 aromatic carbocycles. The highest BCUT2D eigenvalue weighted by molar-refractivity contribution is 5.79. The molecule has 5 heteroatoms. The second kappa shape index (κ2) is 7.30. The van der Waals surface area contributed by atoms with E-state index in [1.54, 1.807) is 0 Å². The van der Waals surface area contributed by atoms with Crippen molar-refractivity contribution < 1.29 is 0 Å². The van der Waals surface area contributed by atoms with E-state index in [9.17, 15) is 0 Å². The van der Waals surface area contributed by atoms with E-state index in [4.69, 9.17) is 0 Å². The lowest BCUT2D eigenvalue weighted by Crippen LogP contribution is -2.56. The Labute approximate surface area is 139 Å². The summed E-state index contributed by atoms with van der Waals surface area (Å²) in [7, 11) is 4.14. The number of hydrogen-bond acceptors (Lipinski definition) is 3. The Morgan fingerprint density at radius 1 is 1.35 bits per heavy atom. The van der Waals surface area contributed by atoms with Crippen LogP contribution in [0.1, 0.15) is 43.4 Å². The molecular weight excluding hydrogens is 286 g/mol. The summed E-state index contributed by atoms with van der Waals surface area (Å²) in [5, 5.41) is 7.04. The van der Waals surface area contributed by atoms with Crippen molar-refractivity contribution in [1.82, 2.24) is 20.5 Å². The van der Waals surface area contributed by atoms with Gasteiger partial charge in [-0.3, -0.25) is 9.98 Å². The molecule has 1 aromatic rings. The number of guanidine groups is 1. The summed E-state index contributed by atoms with van der Waals surface area (Å²) in [5.74, 6) is 0.891. The monoisotopic (exact) mass is 315 g/mol. The number of nitrogens with one attached hydrogen (secondary N) is 2. The van der Waals surface area contributed by atoms with E-state index in [0.717, 1.165) is 23.7 Å². The summed E-state index contributed by atoms with van der Waals surface area (Å²) in [5.41, 5.74) is 2.29. The normalized spacial score (nSPS) is 28.5. The number of aryl methyl sites for hydroxylation is 1. The summed E-state index contributed by atoms with van der Waals surface area (Å²) in [6.45, 7) is 2.81. The quantitative estimate of drug-likeness (QED) is 0.662. The van der Waals surface area contributed by atoms with Crippen LogP contribution in [-0.4, -0.2) is 48.1 Å². The first-order chi connectivity index (χ1) is 11.2. The highest BCUT2D eigenvalue weighted by atomic mass is 15.2. The zero-order chi connectivity index (χ0) is 16.2. The van der Waals surface area contributed by atoms with Gasteiger partial charge in [0.1, 0.15) is 0 Å². The van der Waals surface area contributed by atoms with Crippen LogP contribution in [0.3, 0.4) is 0 Å². The first kappa shape index (κ1) is 16.2. The summed E-state index contributed by atoms with van der Waals surface area (Å²) in [4.78, 5) is 11.4. The van der Waals surface area contributed by atoms with Crippen LogP contribution in [0.5, 0.6) is 0 Å². The number of aliphatic imine (C=N–C) groups is 1. The minimum atomic E-state index is 0.525. The smallest absolute Gasteiger partial charge is 0.191 e. The SMILES string of the molecule is CN=C(NCc1ncccc1C)NC1CC2CCCC(C1)N2C. The van der Waals surface area contributed by atoms with Crippen molar-refractivity contribution >= 4 is 5.96 Å². The standard InChI is InChI=1S/C18H29N5/c1-13-6-5-9-20-17(13)12-21-18(19-2)22-14-10-15-7-4-8-16(11-14)23(15)3/h5-6,9,14-16H,4,7-8,10-12H2,1-3H3,(H2,19,21,22). The second-order valence-corrected chi connectivity index (χ2v) is 6.91. The molecule has 2 N–H and O–H groups in total. The second-order valence-electron chi connectivity index (χ2n) is 6.91.